The molecule has 0 amide bonds. The number of hydrogen-bond donors (Lipinski definition) is 3. The van der Waals surface area contributed by atoms with Crippen LogP contribution in [0.25, 0.3) is 0 Å². The molecule has 0 saturated carbocycles. The molecule has 1 heterocycles. The van der Waals surface area contributed by atoms with Crippen LogP contribution in [0.15, 0.2) is 0 Å². The van der Waals surface area contributed by atoms with Crippen molar-refractivity contribution < 1.29 is 20.1 Å². The number of aliphatic hydroxyl groups is 3. The monoisotopic (exact) mass is 242 g/mol. The molecule has 1 rings (SSSR count). The van der Waals surface area contributed by atoms with Crippen molar-refractivity contribution in [3.63, 3.8) is 0 Å². The Morgan fingerprint density at radius 2 is 1.67 bits per heavy atom. The molecule has 0 spiro atoms. The Labute approximate surface area is 77.7 Å². The van der Waals surface area contributed by atoms with E-state index >= 15 is 0 Å². The molecule has 1 aliphatic heterocycles. The van der Waals surface area contributed by atoms with E-state index in [1.165, 1.54) is 0 Å². The van der Waals surface area contributed by atoms with Crippen molar-refractivity contribution in [2.75, 3.05) is 0 Å². The average Bonchev–Trinajstić information content (AvgIpc) is 2.08. The summed E-state index contributed by atoms with van der Waals surface area (Å²) in [6.07, 6.45) is -3.38. The van der Waals surface area contributed by atoms with E-state index in [2.05, 4.69) is 0 Å². The molecule has 0 bridgehead atoms. The van der Waals surface area contributed by atoms with Crippen molar-refractivity contribution >= 4 is 15.0 Å². The van der Waals surface area contributed by atoms with Gasteiger partial charge in [-0.1, -0.05) is 0 Å². The van der Waals surface area contributed by atoms with Crippen LogP contribution in [-0.2, 0) is 4.74 Å². The molecule has 1 saturated heterocycles. The summed E-state index contributed by atoms with van der Waals surface area (Å²) in [7, 11) is 0. The van der Waals surface area contributed by atoms with Gasteiger partial charge in [0.1, 0.15) is 0 Å². The minimum atomic E-state index is -1.07. The molecule has 4 nitrogen and oxygen atoms in total. The van der Waals surface area contributed by atoms with Crippen molar-refractivity contribution in [1.82, 2.24) is 0 Å². The molecule has 0 radical (unpaired) electrons. The molecule has 12 heavy (non-hydrogen) atoms. The fourth-order valence-electron chi connectivity index (χ4n) is 1.21. The number of aliphatic hydroxyl groups excluding tert-OH is 3. The van der Waals surface area contributed by atoms with Gasteiger partial charge in [0, 0.05) is 0 Å². The summed E-state index contributed by atoms with van der Waals surface area (Å²) in [5.41, 5.74) is 0. The Kier molecular flexibility index (Phi) is 3.52. The van der Waals surface area contributed by atoms with Gasteiger partial charge in [-0.15, -0.1) is 0 Å². The molecular weight excluding hydrogens is 227 g/mol. The standard InChI is InChI=1S/C7H14O4Se/c1-3-4(8)5(9)6(10)7(11-3)12-2/h3-10H,1-2H3/t3-,4+,5+,6-,7+/m0/s1. The van der Waals surface area contributed by atoms with Crippen LogP contribution >= 0.6 is 0 Å². The summed E-state index contributed by atoms with van der Waals surface area (Å²) in [6.45, 7) is 1.69. The van der Waals surface area contributed by atoms with E-state index in [0.29, 0.717) is 0 Å². The summed E-state index contributed by atoms with van der Waals surface area (Å²) in [5.74, 6) is 1.93. The Bertz CT molecular complexity index is 150. The first-order valence-electron chi connectivity index (χ1n) is 3.80. The zero-order valence-electron chi connectivity index (χ0n) is 7.04. The molecule has 0 aliphatic carbocycles. The molecule has 72 valence electrons. The van der Waals surface area contributed by atoms with Crippen LogP contribution in [0.4, 0.5) is 0 Å². The normalized spacial score (nSPS) is 49.2. The van der Waals surface area contributed by atoms with Gasteiger partial charge < -0.3 is 0 Å². The van der Waals surface area contributed by atoms with Crippen LogP contribution in [0.2, 0.25) is 5.82 Å². The third-order valence-corrected chi connectivity index (χ3v) is 3.83. The van der Waals surface area contributed by atoms with E-state index in [9.17, 15) is 15.3 Å². The number of rotatable bonds is 1. The van der Waals surface area contributed by atoms with Crippen LogP contribution < -0.4 is 0 Å². The van der Waals surface area contributed by atoms with Gasteiger partial charge in [0.2, 0.25) is 0 Å². The van der Waals surface area contributed by atoms with Crippen molar-refractivity contribution in [2.45, 2.75) is 42.2 Å². The van der Waals surface area contributed by atoms with Crippen molar-refractivity contribution in [3.05, 3.63) is 0 Å². The predicted molar refractivity (Wildman–Crippen MR) is 44.0 cm³/mol. The topological polar surface area (TPSA) is 69.9 Å². The van der Waals surface area contributed by atoms with E-state index in [-0.39, 0.29) is 20.0 Å². The third kappa shape index (κ3) is 1.82. The molecule has 5 atom stereocenters. The first-order chi connectivity index (χ1) is 5.57. The third-order valence-electron chi connectivity index (χ3n) is 2.04. The van der Waals surface area contributed by atoms with Gasteiger partial charge in [-0.25, -0.2) is 0 Å². The molecule has 0 aromatic heterocycles. The molecule has 1 aliphatic rings. The molecule has 0 aromatic rings. The maximum absolute atomic E-state index is 9.41. The van der Waals surface area contributed by atoms with Crippen molar-refractivity contribution in [2.24, 2.45) is 0 Å². The fourth-order valence-corrected chi connectivity index (χ4v) is 2.73. The van der Waals surface area contributed by atoms with Crippen LogP contribution in [0.1, 0.15) is 6.92 Å². The molecule has 1 fully saturated rings. The minimum absolute atomic E-state index is 0.120. The van der Waals surface area contributed by atoms with Crippen LogP contribution in [0.3, 0.4) is 0 Å². The molecule has 0 unspecified atom stereocenters. The van der Waals surface area contributed by atoms with Crippen LogP contribution in [-0.4, -0.2) is 59.7 Å². The Hall–Kier alpha value is 0.359. The van der Waals surface area contributed by atoms with E-state index < -0.39 is 24.4 Å². The second-order valence-electron chi connectivity index (χ2n) is 2.92. The SMILES string of the molecule is C[Se][C@H]1O[C@@H](C)[C@@H](O)[C@@H](O)[C@@H]1O. The molecule has 5 heteroatoms. The fraction of sp³-hybridized carbons (Fsp3) is 1.00. The first kappa shape index (κ1) is 10.4. The van der Waals surface area contributed by atoms with Crippen LogP contribution in [0, 0.1) is 0 Å². The van der Waals surface area contributed by atoms with Gasteiger partial charge in [-0.3, -0.25) is 0 Å². The first-order valence-corrected chi connectivity index (χ1v) is 6.50. The Morgan fingerprint density at radius 1 is 1.08 bits per heavy atom. The summed E-state index contributed by atoms with van der Waals surface area (Å²) in [5, 5.41) is 27.8. The maximum atomic E-state index is 9.41. The van der Waals surface area contributed by atoms with Gasteiger partial charge in [0.25, 0.3) is 0 Å². The van der Waals surface area contributed by atoms with E-state index in [4.69, 9.17) is 4.74 Å². The second kappa shape index (κ2) is 4.05. The Morgan fingerprint density at radius 3 is 2.17 bits per heavy atom. The average molecular weight is 241 g/mol. The summed E-state index contributed by atoms with van der Waals surface area (Å²) in [6, 6.07) is 0. The second-order valence-corrected chi connectivity index (χ2v) is 4.88. The summed E-state index contributed by atoms with van der Waals surface area (Å²) < 4.78 is 5.30. The van der Waals surface area contributed by atoms with Crippen molar-refractivity contribution in [1.29, 1.82) is 0 Å². The van der Waals surface area contributed by atoms with Gasteiger partial charge in [0.05, 0.1) is 0 Å². The molecule has 3 N–H and O–H groups in total. The van der Waals surface area contributed by atoms with Crippen LogP contribution in [0.5, 0.6) is 0 Å². The van der Waals surface area contributed by atoms with E-state index in [1.807, 2.05) is 5.82 Å². The summed E-state index contributed by atoms with van der Waals surface area (Å²) >= 11 is 0.120. The predicted octanol–water partition coefficient (Wildman–Crippen LogP) is -1.43. The number of hydrogen-bond acceptors (Lipinski definition) is 4. The molecule has 0 aromatic carbocycles. The van der Waals surface area contributed by atoms with Gasteiger partial charge >= 0.3 is 77.2 Å². The van der Waals surface area contributed by atoms with Gasteiger partial charge in [0.15, 0.2) is 0 Å². The van der Waals surface area contributed by atoms with E-state index in [1.54, 1.807) is 6.92 Å². The number of ether oxygens (including phenoxy) is 1. The van der Waals surface area contributed by atoms with Gasteiger partial charge in [-0.05, 0) is 0 Å². The Balaban J connectivity index is 2.63. The van der Waals surface area contributed by atoms with Gasteiger partial charge in [-0.2, -0.15) is 0 Å². The molecular formula is C7H14O4Se. The zero-order chi connectivity index (χ0) is 9.30. The summed E-state index contributed by atoms with van der Waals surface area (Å²) in [4.78, 5) is 0. The van der Waals surface area contributed by atoms with E-state index in [0.717, 1.165) is 0 Å². The van der Waals surface area contributed by atoms with Crippen molar-refractivity contribution in [3.8, 4) is 0 Å². The zero-order valence-corrected chi connectivity index (χ0v) is 8.76. The quantitative estimate of drug-likeness (QED) is 0.492.